The van der Waals surface area contributed by atoms with Crippen LogP contribution in [0.25, 0.3) is 0 Å². The lowest BCUT2D eigenvalue weighted by atomic mass is 10.1. The number of anilines is 2. The molecule has 8 heteroatoms. The number of hydrogen-bond acceptors (Lipinski definition) is 2. The summed E-state index contributed by atoms with van der Waals surface area (Å²) in [4.78, 5) is -0.0702. The van der Waals surface area contributed by atoms with Crippen molar-refractivity contribution in [3.05, 3.63) is 47.3 Å². The van der Waals surface area contributed by atoms with Crippen molar-refractivity contribution < 1.29 is 26.3 Å². The summed E-state index contributed by atoms with van der Waals surface area (Å²) in [7, 11) is 0. The SMILES string of the molecule is Fc1c(F)c(C(F)(F)F)c(F)c2c1Sc1ccccc1N2. The van der Waals surface area contributed by atoms with Crippen LogP contribution in [-0.2, 0) is 6.18 Å². The van der Waals surface area contributed by atoms with Gasteiger partial charge in [0.05, 0.1) is 16.3 Å². The van der Waals surface area contributed by atoms with E-state index in [-0.39, 0.29) is 0 Å². The van der Waals surface area contributed by atoms with Gasteiger partial charge in [-0.25, -0.2) is 13.2 Å². The molecular weight excluding hydrogens is 316 g/mol. The van der Waals surface area contributed by atoms with Crippen molar-refractivity contribution in [1.82, 2.24) is 0 Å². The van der Waals surface area contributed by atoms with Gasteiger partial charge >= 0.3 is 6.18 Å². The van der Waals surface area contributed by atoms with Crippen molar-refractivity contribution in [2.75, 3.05) is 5.32 Å². The van der Waals surface area contributed by atoms with Crippen LogP contribution in [0, 0.1) is 17.5 Å². The maximum atomic E-state index is 14.0. The standard InChI is InChI=1S/C13H5F6NS/c14-8-7(13(17,18)19)9(15)11-12(10(8)16)21-6-4-2-1-3-5(6)20-11/h1-4,20H. The minimum absolute atomic E-state index is 0.327. The first-order valence-electron chi connectivity index (χ1n) is 5.62. The second-order valence-electron chi connectivity index (χ2n) is 4.24. The topological polar surface area (TPSA) is 12.0 Å². The molecule has 0 atom stereocenters. The largest absolute Gasteiger partial charge is 0.422 e. The van der Waals surface area contributed by atoms with Crippen molar-refractivity contribution in [3.63, 3.8) is 0 Å². The molecule has 0 unspecified atom stereocenters. The minimum Gasteiger partial charge on any atom is -0.351 e. The van der Waals surface area contributed by atoms with E-state index in [0.717, 1.165) is 0 Å². The summed E-state index contributed by atoms with van der Waals surface area (Å²) in [5.41, 5.74) is -2.61. The second kappa shape index (κ2) is 4.59. The molecule has 0 aromatic heterocycles. The smallest absolute Gasteiger partial charge is 0.351 e. The summed E-state index contributed by atoms with van der Waals surface area (Å²) in [6.45, 7) is 0. The van der Waals surface area contributed by atoms with Crippen LogP contribution in [0.3, 0.4) is 0 Å². The highest BCUT2D eigenvalue weighted by atomic mass is 32.2. The van der Waals surface area contributed by atoms with Crippen LogP contribution in [-0.4, -0.2) is 0 Å². The molecule has 21 heavy (non-hydrogen) atoms. The molecule has 0 radical (unpaired) electrons. The number of fused-ring (bicyclic) bond motifs is 2. The van der Waals surface area contributed by atoms with Gasteiger partial charge in [-0.15, -0.1) is 0 Å². The van der Waals surface area contributed by atoms with Crippen LogP contribution in [0.5, 0.6) is 0 Å². The van der Waals surface area contributed by atoms with Crippen LogP contribution >= 0.6 is 11.8 Å². The van der Waals surface area contributed by atoms with E-state index in [1.165, 1.54) is 6.07 Å². The van der Waals surface area contributed by atoms with Crippen molar-refractivity contribution in [2.45, 2.75) is 16.0 Å². The number of para-hydroxylation sites is 1. The molecule has 2 aromatic carbocycles. The van der Waals surface area contributed by atoms with E-state index in [1.54, 1.807) is 18.2 Å². The Balaban J connectivity index is 2.26. The van der Waals surface area contributed by atoms with Gasteiger partial charge in [-0.2, -0.15) is 13.2 Å². The molecule has 0 saturated heterocycles. The first kappa shape index (κ1) is 14.1. The van der Waals surface area contributed by atoms with Crippen LogP contribution < -0.4 is 5.32 Å². The van der Waals surface area contributed by atoms with Crippen molar-refractivity contribution >= 4 is 23.1 Å². The summed E-state index contributed by atoms with van der Waals surface area (Å²) in [6, 6.07) is 6.26. The van der Waals surface area contributed by atoms with Crippen LogP contribution in [0.15, 0.2) is 34.1 Å². The molecule has 1 heterocycles. The van der Waals surface area contributed by atoms with Gasteiger partial charge in [0.1, 0.15) is 5.56 Å². The number of alkyl halides is 3. The van der Waals surface area contributed by atoms with Gasteiger partial charge in [0.2, 0.25) is 0 Å². The molecule has 0 saturated carbocycles. The predicted molar refractivity (Wildman–Crippen MR) is 65.2 cm³/mol. The molecule has 0 spiro atoms. The monoisotopic (exact) mass is 321 g/mol. The Bertz CT molecular complexity index is 740. The third-order valence-corrected chi connectivity index (χ3v) is 4.08. The Labute approximate surface area is 119 Å². The summed E-state index contributed by atoms with van der Waals surface area (Å²) in [5.74, 6) is -5.79. The van der Waals surface area contributed by atoms with Gasteiger partial charge in [-0.05, 0) is 12.1 Å². The fourth-order valence-electron chi connectivity index (χ4n) is 2.00. The maximum Gasteiger partial charge on any atom is 0.422 e. The Kier molecular flexibility index (Phi) is 3.09. The fourth-order valence-corrected chi connectivity index (χ4v) is 3.02. The lowest BCUT2D eigenvalue weighted by Gasteiger charge is -2.23. The number of nitrogens with one attached hydrogen (secondary N) is 1. The van der Waals surface area contributed by atoms with E-state index in [2.05, 4.69) is 5.32 Å². The zero-order chi connectivity index (χ0) is 15.4. The van der Waals surface area contributed by atoms with Gasteiger partial charge in [-0.1, -0.05) is 23.9 Å². The zero-order valence-electron chi connectivity index (χ0n) is 9.99. The van der Waals surface area contributed by atoms with Gasteiger partial charge in [0.25, 0.3) is 0 Å². The van der Waals surface area contributed by atoms with E-state index in [9.17, 15) is 26.3 Å². The predicted octanol–water partition coefficient (Wildman–Crippen LogP) is 5.33. The molecule has 1 nitrogen and oxygen atoms in total. The van der Waals surface area contributed by atoms with E-state index < -0.39 is 39.8 Å². The molecule has 1 N–H and O–H groups in total. The first-order chi connectivity index (χ1) is 9.80. The normalized spacial score (nSPS) is 13.4. The zero-order valence-corrected chi connectivity index (χ0v) is 10.8. The Morgan fingerprint density at radius 1 is 0.905 bits per heavy atom. The third kappa shape index (κ3) is 2.14. The molecule has 3 rings (SSSR count). The molecule has 0 amide bonds. The molecule has 110 valence electrons. The lowest BCUT2D eigenvalue weighted by molar-refractivity contribution is -0.142. The highest BCUT2D eigenvalue weighted by Crippen LogP contribution is 2.49. The van der Waals surface area contributed by atoms with E-state index >= 15 is 0 Å². The van der Waals surface area contributed by atoms with Crippen molar-refractivity contribution in [3.8, 4) is 0 Å². The maximum absolute atomic E-state index is 14.0. The number of rotatable bonds is 0. The second-order valence-corrected chi connectivity index (χ2v) is 5.29. The molecular formula is C13H5F6NS. The first-order valence-corrected chi connectivity index (χ1v) is 6.44. The summed E-state index contributed by atoms with van der Waals surface area (Å²) < 4.78 is 79.4. The van der Waals surface area contributed by atoms with Gasteiger partial charge in [0, 0.05) is 4.90 Å². The van der Waals surface area contributed by atoms with Crippen molar-refractivity contribution in [1.29, 1.82) is 0 Å². The van der Waals surface area contributed by atoms with Gasteiger partial charge < -0.3 is 5.32 Å². The van der Waals surface area contributed by atoms with Crippen LogP contribution in [0.1, 0.15) is 5.56 Å². The Morgan fingerprint density at radius 2 is 1.57 bits per heavy atom. The van der Waals surface area contributed by atoms with Crippen LogP contribution in [0.4, 0.5) is 37.7 Å². The molecule has 0 fully saturated rings. The summed E-state index contributed by atoms with van der Waals surface area (Å²) >= 11 is 0.672. The summed E-state index contributed by atoms with van der Waals surface area (Å²) in [5, 5.41) is 2.39. The highest BCUT2D eigenvalue weighted by molar-refractivity contribution is 7.99. The van der Waals surface area contributed by atoms with E-state index in [4.69, 9.17) is 0 Å². The number of benzene rings is 2. The average Bonchev–Trinajstić information content (AvgIpc) is 2.42. The molecule has 0 aliphatic carbocycles. The summed E-state index contributed by atoms with van der Waals surface area (Å²) in [6.07, 6.45) is -5.33. The highest BCUT2D eigenvalue weighted by Gasteiger charge is 2.42. The average molecular weight is 321 g/mol. The third-order valence-electron chi connectivity index (χ3n) is 2.92. The molecule has 2 aromatic rings. The number of halogens is 6. The van der Waals surface area contributed by atoms with Gasteiger partial charge in [-0.3, -0.25) is 0 Å². The Morgan fingerprint density at radius 3 is 2.24 bits per heavy atom. The van der Waals surface area contributed by atoms with E-state index in [1.807, 2.05) is 0 Å². The quantitative estimate of drug-likeness (QED) is 0.443. The van der Waals surface area contributed by atoms with E-state index in [0.29, 0.717) is 22.3 Å². The fraction of sp³-hybridized carbons (Fsp3) is 0.0769. The van der Waals surface area contributed by atoms with Gasteiger partial charge in [0.15, 0.2) is 17.5 Å². The molecule has 0 bridgehead atoms. The molecule has 1 aliphatic rings. The Hall–Kier alpha value is -1.83. The van der Waals surface area contributed by atoms with Crippen molar-refractivity contribution in [2.24, 2.45) is 0 Å². The molecule has 1 aliphatic heterocycles. The van der Waals surface area contributed by atoms with Crippen LogP contribution in [0.2, 0.25) is 0 Å². The minimum atomic E-state index is -5.33. The number of hydrogen-bond donors (Lipinski definition) is 1. The lowest BCUT2D eigenvalue weighted by Crippen LogP contribution is -2.17.